The van der Waals surface area contributed by atoms with Gasteiger partial charge in [-0.15, -0.1) is 0 Å². The molecule has 0 aliphatic carbocycles. The van der Waals surface area contributed by atoms with Gasteiger partial charge in [0.15, 0.2) is 5.82 Å². The van der Waals surface area contributed by atoms with Gasteiger partial charge in [-0.3, -0.25) is 4.99 Å². The maximum absolute atomic E-state index is 13.3. The van der Waals surface area contributed by atoms with Crippen LogP contribution in [-0.4, -0.2) is 44.1 Å². The van der Waals surface area contributed by atoms with Crippen LogP contribution in [0, 0.1) is 0 Å². The quantitative estimate of drug-likeness (QED) is 0.442. The number of nitrogens with one attached hydrogen (secondary N) is 1. The molecule has 2 aliphatic heterocycles. The number of fused-ring (bicyclic) bond motifs is 9. The van der Waals surface area contributed by atoms with Gasteiger partial charge >= 0.3 is 6.61 Å². The Kier molecular flexibility index (Phi) is 5.04. The Morgan fingerprint density at radius 3 is 2.64 bits per heavy atom. The van der Waals surface area contributed by atoms with E-state index >= 15 is 0 Å². The van der Waals surface area contributed by atoms with E-state index < -0.39 is 12.2 Å². The lowest BCUT2D eigenvalue weighted by Crippen LogP contribution is -2.29. The van der Waals surface area contributed by atoms with Crippen LogP contribution in [-0.2, 0) is 5.60 Å². The number of hydrogen-bond acceptors (Lipinski definition) is 6. The number of hydrogen-bond donors (Lipinski definition) is 2. The third-order valence-corrected chi connectivity index (χ3v) is 6.74. The molecule has 0 amide bonds. The van der Waals surface area contributed by atoms with Gasteiger partial charge in [-0.1, -0.05) is 18.2 Å². The van der Waals surface area contributed by atoms with E-state index in [1.165, 1.54) is 0 Å². The second kappa shape index (κ2) is 8.06. The zero-order valence-corrected chi connectivity index (χ0v) is 19.9. The van der Waals surface area contributed by atoms with Crippen LogP contribution in [0.15, 0.2) is 53.8 Å². The zero-order chi connectivity index (χ0) is 25.2. The first-order chi connectivity index (χ1) is 17.2. The molecule has 2 aliphatic rings. The molecule has 0 spiro atoms. The third kappa shape index (κ3) is 3.51. The van der Waals surface area contributed by atoms with Crippen molar-refractivity contribution in [1.82, 2.24) is 24.8 Å². The summed E-state index contributed by atoms with van der Waals surface area (Å²) in [4.78, 5) is 17.9. The van der Waals surface area contributed by atoms with Crippen LogP contribution in [0.4, 0.5) is 8.78 Å². The summed E-state index contributed by atoms with van der Waals surface area (Å²) in [7, 11) is 1.67. The molecule has 0 fully saturated rings. The van der Waals surface area contributed by atoms with E-state index in [2.05, 4.69) is 24.8 Å². The fourth-order valence-electron chi connectivity index (χ4n) is 5.18. The molecule has 4 heterocycles. The van der Waals surface area contributed by atoms with Crippen LogP contribution < -0.4 is 10.1 Å². The van der Waals surface area contributed by atoms with Gasteiger partial charge < -0.3 is 19.7 Å². The van der Waals surface area contributed by atoms with Crippen molar-refractivity contribution in [3.8, 4) is 16.9 Å². The first-order valence-corrected chi connectivity index (χ1v) is 11.6. The Labute approximate surface area is 205 Å². The minimum Gasteiger partial charge on any atom is -0.434 e. The summed E-state index contributed by atoms with van der Waals surface area (Å²) in [6.45, 7) is 0.331. The minimum absolute atomic E-state index is 0.134. The lowest BCUT2D eigenvalue weighted by atomic mass is 9.97. The fraction of sp³-hybridized carbons (Fsp3) is 0.308. The molecule has 2 bridgehead atoms. The van der Waals surface area contributed by atoms with Crippen molar-refractivity contribution in [1.29, 1.82) is 0 Å². The van der Waals surface area contributed by atoms with E-state index in [0.29, 0.717) is 23.6 Å². The molecule has 184 valence electrons. The van der Waals surface area contributed by atoms with Crippen molar-refractivity contribution in [2.24, 2.45) is 4.99 Å². The van der Waals surface area contributed by atoms with Gasteiger partial charge in [0.1, 0.15) is 23.0 Å². The normalized spacial score (nSPS) is 19.8. The van der Waals surface area contributed by atoms with Crippen molar-refractivity contribution >= 4 is 16.9 Å². The molecule has 36 heavy (non-hydrogen) atoms. The van der Waals surface area contributed by atoms with E-state index in [1.54, 1.807) is 45.4 Å². The Hall–Kier alpha value is -3.92. The number of alkyl halides is 2. The van der Waals surface area contributed by atoms with Crippen LogP contribution in [0.5, 0.6) is 5.75 Å². The molecule has 4 aromatic rings. The number of benzene rings is 2. The first kappa shape index (κ1) is 22.5. The highest BCUT2D eigenvalue weighted by Gasteiger charge is 2.41. The van der Waals surface area contributed by atoms with Gasteiger partial charge in [0, 0.05) is 36.1 Å². The average Bonchev–Trinajstić information content (AvgIpc) is 3.32. The molecular weight excluding hydrogens is 466 g/mol. The number of aromatic nitrogens is 4. The standard InChI is InChI=1S/C26H24F2N6O2/c1-26(2,35)24-30-11-14(12-31-24)13-7-8-16-18(9-13)34-19-10-17(23(34)33-16)32-22(29-3)15-5-4-6-20(21(15)19)36-25(27)28/h4-9,11-12,17,19,25,35H,10H2,1-3H3,(H,29,32)/t17-,19-/m1/s1. The number of amidine groups is 1. The second-order valence-corrected chi connectivity index (χ2v) is 9.51. The van der Waals surface area contributed by atoms with Gasteiger partial charge in [-0.2, -0.15) is 8.78 Å². The van der Waals surface area contributed by atoms with Crippen LogP contribution in [0.25, 0.3) is 22.2 Å². The van der Waals surface area contributed by atoms with Crippen molar-refractivity contribution in [2.45, 2.75) is 44.6 Å². The maximum Gasteiger partial charge on any atom is 0.387 e. The Bertz CT molecular complexity index is 1510. The lowest BCUT2D eigenvalue weighted by Gasteiger charge is -2.22. The predicted molar refractivity (Wildman–Crippen MR) is 130 cm³/mol. The number of rotatable bonds is 4. The van der Waals surface area contributed by atoms with Gasteiger partial charge in [0.05, 0.1) is 23.1 Å². The molecule has 0 saturated carbocycles. The molecular formula is C26H24F2N6O2. The number of imidazole rings is 1. The smallest absolute Gasteiger partial charge is 0.387 e. The summed E-state index contributed by atoms with van der Waals surface area (Å²) in [6.07, 6.45) is 3.99. The van der Waals surface area contributed by atoms with Gasteiger partial charge in [-0.05, 0) is 44.0 Å². The number of aliphatic hydroxyl groups is 1. The molecule has 2 aromatic carbocycles. The average molecular weight is 491 g/mol. The van der Waals surface area contributed by atoms with Crippen LogP contribution in [0.2, 0.25) is 0 Å². The Morgan fingerprint density at radius 1 is 1.17 bits per heavy atom. The zero-order valence-electron chi connectivity index (χ0n) is 19.9. The second-order valence-electron chi connectivity index (χ2n) is 9.51. The first-order valence-electron chi connectivity index (χ1n) is 11.6. The summed E-state index contributed by atoms with van der Waals surface area (Å²) >= 11 is 0. The highest BCUT2D eigenvalue weighted by Crippen LogP contribution is 2.47. The third-order valence-electron chi connectivity index (χ3n) is 6.74. The molecule has 6 rings (SSSR count). The molecule has 0 saturated heterocycles. The van der Waals surface area contributed by atoms with Crippen LogP contribution in [0.3, 0.4) is 0 Å². The summed E-state index contributed by atoms with van der Waals surface area (Å²) in [6, 6.07) is 10.6. The molecule has 2 atom stereocenters. The fourth-order valence-corrected chi connectivity index (χ4v) is 5.18. The molecule has 10 heteroatoms. The highest BCUT2D eigenvalue weighted by molar-refractivity contribution is 6.02. The van der Waals surface area contributed by atoms with E-state index in [4.69, 9.17) is 9.72 Å². The molecule has 0 unspecified atom stereocenters. The Balaban J connectivity index is 1.51. The maximum atomic E-state index is 13.3. The molecule has 2 aromatic heterocycles. The van der Waals surface area contributed by atoms with Gasteiger partial charge in [0.25, 0.3) is 0 Å². The SMILES string of the molecule is C/N=C1\N[C@@H]2C[C@H](c3c(OC(F)F)cccc31)n1c2nc2ccc(-c3cnc(C(C)(C)O)nc3)cc21. The summed E-state index contributed by atoms with van der Waals surface area (Å²) in [5.41, 5.74) is 3.61. The largest absolute Gasteiger partial charge is 0.434 e. The van der Waals surface area contributed by atoms with Gasteiger partial charge in [-0.25, -0.2) is 15.0 Å². The Morgan fingerprint density at radius 2 is 1.94 bits per heavy atom. The summed E-state index contributed by atoms with van der Waals surface area (Å²) in [5, 5.41) is 13.6. The predicted octanol–water partition coefficient (Wildman–Crippen LogP) is 4.34. The van der Waals surface area contributed by atoms with Crippen molar-refractivity contribution < 1.29 is 18.6 Å². The molecule has 0 radical (unpaired) electrons. The van der Waals surface area contributed by atoms with Gasteiger partial charge in [0.2, 0.25) is 0 Å². The number of ether oxygens (including phenoxy) is 1. The van der Waals surface area contributed by atoms with Crippen molar-refractivity contribution in [2.75, 3.05) is 7.05 Å². The monoisotopic (exact) mass is 490 g/mol. The summed E-state index contributed by atoms with van der Waals surface area (Å²) < 4.78 is 33.7. The van der Waals surface area contributed by atoms with E-state index in [-0.39, 0.29) is 17.8 Å². The lowest BCUT2D eigenvalue weighted by molar-refractivity contribution is -0.0506. The van der Waals surface area contributed by atoms with E-state index in [1.807, 2.05) is 24.3 Å². The topological polar surface area (TPSA) is 97.5 Å². The summed E-state index contributed by atoms with van der Waals surface area (Å²) in [5.74, 6) is 1.92. The van der Waals surface area contributed by atoms with E-state index in [0.717, 1.165) is 33.5 Å². The number of aliphatic imine (C=N–C) groups is 1. The van der Waals surface area contributed by atoms with E-state index in [9.17, 15) is 13.9 Å². The molecule has 2 N–H and O–H groups in total. The minimum atomic E-state index is -2.94. The van der Waals surface area contributed by atoms with Crippen LogP contribution in [0.1, 0.15) is 55.1 Å². The van der Waals surface area contributed by atoms with Crippen molar-refractivity contribution in [3.05, 3.63) is 71.6 Å². The van der Waals surface area contributed by atoms with Crippen molar-refractivity contribution in [3.63, 3.8) is 0 Å². The number of nitrogens with zero attached hydrogens (tertiary/aromatic N) is 5. The number of halogens is 2. The molecule has 8 nitrogen and oxygen atoms in total. The van der Waals surface area contributed by atoms with Crippen LogP contribution >= 0.6 is 0 Å². The highest BCUT2D eigenvalue weighted by atomic mass is 19.3.